The molecule has 0 aliphatic carbocycles. The maximum atomic E-state index is 13.4. The van der Waals surface area contributed by atoms with E-state index in [9.17, 15) is 75.7 Å². The molecule has 2 amide bonds. The van der Waals surface area contributed by atoms with Gasteiger partial charge in [-0.25, -0.2) is 4.79 Å². The lowest BCUT2D eigenvalue weighted by Crippen LogP contribution is -2.70. The second-order valence-electron chi connectivity index (χ2n) is 24.7. The Hall–Kier alpha value is -2.27. The summed E-state index contributed by atoms with van der Waals surface area (Å²) in [6, 6.07) is -2.52. The molecule has 0 aromatic rings. The Morgan fingerprint density at radius 2 is 1.01 bits per heavy atom. The molecular weight excluding hydrogens is 1120 g/mol. The zero-order valence-corrected chi connectivity index (χ0v) is 52.4. The number of carboxylic acids is 1. The molecule has 0 spiro atoms. The van der Waals surface area contributed by atoms with Crippen LogP contribution in [0.15, 0.2) is 0 Å². The van der Waals surface area contributed by atoms with Crippen molar-refractivity contribution in [3.05, 3.63) is 0 Å². The van der Waals surface area contributed by atoms with Crippen LogP contribution in [0.1, 0.15) is 245 Å². The number of hydrogen-bond acceptors (Lipinski definition) is 20. The fourth-order valence-corrected chi connectivity index (χ4v) is 11.9. The number of nitrogens with one attached hydrogen (secondary N) is 2. The van der Waals surface area contributed by atoms with Gasteiger partial charge in [-0.15, -0.1) is 0 Å². The minimum Gasteiger partial charge on any atom is -0.477 e. The van der Waals surface area contributed by atoms with Crippen molar-refractivity contribution in [3.63, 3.8) is 0 Å². The van der Waals surface area contributed by atoms with E-state index in [0.717, 1.165) is 51.9 Å². The number of unbranched alkanes of at least 4 members (excludes halogenated alkanes) is 30. The Bertz CT molecular complexity index is 1760. The molecule has 3 fully saturated rings. The Balaban J connectivity index is 1.60. The third-order valence-electron chi connectivity index (χ3n) is 17.3. The van der Waals surface area contributed by atoms with Crippen molar-refractivity contribution in [1.29, 1.82) is 0 Å². The summed E-state index contributed by atoms with van der Waals surface area (Å²) < 4.78 is 34.8. The van der Waals surface area contributed by atoms with Gasteiger partial charge < -0.3 is 100 Å². The molecule has 3 heterocycles. The summed E-state index contributed by atoms with van der Waals surface area (Å²) in [6.45, 7) is 2.20. The van der Waals surface area contributed by atoms with Crippen molar-refractivity contribution in [1.82, 2.24) is 10.6 Å². The molecule has 0 saturated carbocycles. The van der Waals surface area contributed by atoms with E-state index >= 15 is 0 Å². The van der Waals surface area contributed by atoms with Gasteiger partial charge in [0.2, 0.25) is 11.8 Å². The van der Waals surface area contributed by atoms with E-state index in [4.69, 9.17) is 28.4 Å². The number of aliphatic carboxylic acids is 1. The van der Waals surface area contributed by atoms with Crippen LogP contribution in [0, 0.1) is 0 Å². The Kier molecular flexibility index (Phi) is 40.9. The van der Waals surface area contributed by atoms with E-state index in [1.807, 2.05) is 0 Å². The largest absolute Gasteiger partial charge is 0.477 e. The van der Waals surface area contributed by atoms with Gasteiger partial charge in [0.15, 0.2) is 12.6 Å². The van der Waals surface area contributed by atoms with Crippen LogP contribution >= 0.6 is 0 Å². The highest BCUT2D eigenvalue weighted by atomic mass is 16.8. The van der Waals surface area contributed by atoms with Crippen LogP contribution < -0.4 is 10.6 Å². The first-order valence-electron chi connectivity index (χ1n) is 33.4. The molecule has 1 unspecified atom stereocenters. The van der Waals surface area contributed by atoms with Gasteiger partial charge in [-0.1, -0.05) is 213 Å². The molecule has 23 heteroatoms. The second-order valence-corrected chi connectivity index (χ2v) is 24.7. The number of hydrogen-bond donors (Lipinski definition) is 14. The van der Waals surface area contributed by atoms with Crippen LogP contribution in [0.25, 0.3) is 0 Å². The van der Waals surface area contributed by atoms with Gasteiger partial charge in [0, 0.05) is 19.8 Å². The van der Waals surface area contributed by atoms with Crippen molar-refractivity contribution >= 4 is 17.8 Å². The van der Waals surface area contributed by atoms with Crippen LogP contribution in [-0.4, -0.2) is 215 Å². The molecule has 14 N–H and O–H groups in total. The van der Waals surface area contributed by atoms with Crippen LogP contribution in [0.2, 0.25) is 0 Å². The number of amides is 2. The molecule has 0 aromatic carbocycles. The van der Waals surface area contributed by atoms with Crippen molar-refractivity contribution in [3.8, 4) is 0 Å². The molecule has 86 heavy (non-hydrogen) atoms. The summed E-state index contributed by atoms with van der Waals surface area (Å²) in [7, 11) is 0. The zero-order chi connectivity index (χ0) is 63.3. The second kappa shape index (κ2) is 45.1. The van der Waals surface area contributed by atoms with E-state index in [1.165, 1.54) is 148 Å². The normalized spacial score (nSPS) is 29.3. The molecule has 23 nitrogen and oxygen atoms in total. The van der Waals surface area contributed by atoms with Gasteiger partial charge in [0.05, 0.1) is 50.7 Å². The van der Waals surface area contributed by atoms with Crippen LogP contribution in [-0.2, 0) is 42.8 Å². The minimum atomic E-state index is -3.08. The standard InChI is InChI=1S/C63H118N2O21/c1-4-6-8-10-12-14-16-18-19-20-21-22-23-25-27-29-31-33-35-37-50(73)65-44(45(70)36-34-32-30-28-26-24-17-15-13-11-9-7-5-2)42-81-60-55(77)54(76)57(49(41-68)83-60)84-61-56(78)59(53(75)48(40-67)82-61)86-63(62(79)80)38-46(71)51(64-43(3)69)58(85-63)52(74)47(72)39-66/h44-49,51-61,66-68,70-72,74-78H,4-42H2,1-3H3,(H,64,69)(H,65,73)(H,79,80)/t44-,45+,46-,47+,48+,49+,51+,52+,53-,54+,55+,56+,57+,58?,59-,60+,61-,63-/m0/s1. The SMILES string of the molecule is CCCCCCCCCCCCCCCCCCCCCC(=O)N[C@@H](CO[C@@H]1O[C@H](CO)[C@@H](O[C@@H]2O[C@H](CO)[C@H](O)[C@H](O[C@]3(C(=O)O)C[C@H](O)[C@@H](NC(C)=O)C([C@H](O)[C@H](O)CO)O3)[C@H]2O)[C@H](O)[C@H]1O)[C@H](O)CCCCCCCCCCCCCCC. The van der Waals surface area contributed by atoms with Crippen molar-refractivity contribution in [2.75, 3.05) is 26.4 Å². The van der Waals surface area contributed by atoms with E-state index in [1.54, 1.807) is 0 Å². The molecule has 0 aromatic heterocycles. The lowest BCUT2D eigenvalue weighted by Gasteiger charge is -2.50. The quantitative estimate of drug-likeness (QED) is 0.0358. The number of carbonyl (C=O) groups is 3. The molecule has 506 valence electrons. The van der Waals surface area contributed by atoms with Gasteiger partial charge in [-0.3, -0.25) is 9.59 Å². The smallest absolute Gasteiger partial charge is 0.364 e. The maximum Gasteiger partial charge on any atom is 0.364 e. The minimum absolute atomic E-state index is 0.229. The summed E-state index contributed by atoms with van der Waals surface area (Å²) >= 11 is 0. The van der Waals surface area contributed by atoms with E-state index in [2.05, 4.69) is 24.5 Å². The molecule has 3 saturated heterocycles. The number of aliphatic hydroxyl groups excluding tert-OH is 11. The molecule has 3 aliphatic rings. The summed E-state index contributed by atoms with van der Waals surface area (Å²) in [5.41, 5.74) is 0. The third-order valence-corrected chi connectivity index (χ3v) is 17.3. The van der Waals surface area contributed by atoms with Crippen molar-refractivity contribution in [2.45, 2.75) is 355 Å². The van der Waals surface area contributed by atoms with Crippen LogP contribution in [0.4, 0.5) is 0 Å². The van der Waals surface area contributed by atoms with Crippen LogP contribution in [0.3, 0.4) is 0 Å². The molecule has 3 aliphatic heterocycles. The predicted molar refractivity (Wildman–Crippen MR) is 320 cm³/mol. The maximum absolute atomic E-state index is 13.4. The third kappa shape index (κ3) is 28.1. The summed E-state index contributed by atoms with van der Waals surface area (Å²) in [4.78, 5) is 38.5. The highest BCUT2D eigenvalue weighted by Gasteiger charge is 2.60. The van der Waals surface area contributed by atoms with Crippen molar-refractivity contribution in [2.24, 2.45) is 0 Å². The number of ether oxygens (including phenoxy) is 6. The molecule has 0 radical (unpaired) electrons. The Morgan fingerprint density at radius 1 is 0.558 bits per heavy atom. The number of carboxylic acid groups (broad SMARTS) is 1. The lowest BCUT2D eigenvalue weighted by atomic mass is 9.88. The topological polar surface area (TPSA) is 373 Å². The van der Waals surface area contributed by atoms with E-state index < -0.39 is 148 Å². The number of carbonyl (C=O) groups excluding carboxylic acids is 2. The fourth-order valence-electron chi connectivity index (χ4n) is 11.9. The Labute approximate surface area is 512 Å². The first-order valence-corrected chi connectivity index (χ1v) is 33.4. The van der Waals surface area contributed by atoms with E-state index in [-0.39, 0.29) is 18.9 Å². The highest BCUT2D eigenvalue weighted by molar-refractivity contribution is 5.77. The van der Waals surface area contributed by atoms with Crippen molar-refractivity contribution < 1.29 is 104 Å². The number of aliphatic hydroxyl groups is 11. The van der Waals surface area contributed by atoms with E-state index in [0.29, 0.717) is 19.3 Å². The molecular formula is C63H118N2O21. The molecule has 18 atom stereocenters. The molecule has 0 bridgehead atoms. The van der Waals surface area contributed by atoms with Gasteiger partial charge in [0.1, 0.15) is 67.1 Å². The van der Waals surface area contributed by atoms with Gasteiger partial charge in [0.25, 0.3) is 5.79 Å². The van der Waals surface area contributed by atoms with Gasteiger partial charge in [-0.05, 0) is 12.8 Å². The zero-order valence-electron chi connectivity index (χ0n) is 52.4. The first kappa shape index (κ1) is 78.0. The summed E-state index contributed by atoms with van der Waals surface area (Å²) in [5, 5.41) is 136. The monoisotopic (exact) mass is 1240 g/mol. The predicted octanol–water partition coefficient (Wildman–Crippen LogP) is 4.95. The molecule has 3 rings (SSSR count). The first-order chi connectivity index (χ1) is 41.4. The highest BCUT2D eigenvalue weighted by Crippen LogP contribution is 2.39. The summed E-state index contributed by atoms with van der Waals surface area (Å²) in [6.07, 6.45) is 9.71. The average Bonchev–Trinajstić information content (AvgIpc) is 2.74. The Morgan fingerprint density at radius 3 is 1.45 bits per heavy atom. The number of rotatable bonds is 50. The fraction of sp³-hybridized carbons (Fsp3) is 0.952. The van der Waals surface area contributed by atoms with Gasteiger partial charge in [-0.2, -0.15) is 0 Å². The lowest BCUT2D eigenvalue weighted by molar-refractivity contribution is -0.386. The average molecular weight is 1240 g/mol. The van der Waals surface area contributed by atoms with Crippen LogP contribution in [0.5, 0.6) is 0 Å². The van der Waals surface area contributed by atoms with Gasteiger partial charge >= 0.3 is 5.97 Å². The summed E-state index contributed by atoms with van der Waals surface area (Å²) in [5.74, 6) is -6.09.